The van der Waals surface area contributed by atoms with Crippen LogP contribution in [0.5, 0.6) is 0 Å². The van der Waals surface area contributed by atoms with Gasteiger partial charge in [0.25, 0.3) is 0 Å². The van der Waals surface area contributed by atoms with Crippen LogP contribution in [-0.4, -0.2) is 4.98 Å². The van der Waals surface area contributed by atoms with E-state index in [1.807, 2.05) is 18.2 Å². The second kappa shape index (κ2) is 5.35. The molecule has 0 aliphatic heterocycles. The lowest BCUT2D eigenvalue weighted by molar-refractivity contribution is 0.821. The molecule has 0 saturated carbocycles. The summed E-state index contributed by atoms with van der Waals surface area (Å²) in [7, 11) is 3.36. The van der Waals surface area contributed by atoms with Crippen molar-refractivity contribution >= 4 is 21.6 Å². The van der Waals surface area contributed by atoms with E-state index in [0.29, 0.717) is 5.92 Å². The van der Waals surface area contributed by atoms with Crippen molar-refractivity contribution in [3.63, 3.8) is 0 Å². The van der Waals surface area contributed by atoms with Crippen molar-refractivity contribution in [2.24, 2.45) is 5.92 Å². The molecule has 1 aromatic heterocycles. The molecule has 0 radical (unpaired) electrons. The molecule has 0 aliphatic rings. The van der Waals surface area contributed by atoms with Gasteiger partial charge in [-0.25, -0.2) is 4.98 Å². The zero-order valence-corrected chi connectivity index (χ0v) is 9.49. The van der Waals surface area contributed by atoms with Crippen molar-refractivity contribution in [1.29, 1.82) is 0 Å². The van der Waals surface area contributed by atoms with E-state index in [4.69, 9.17) is 0 Å². The third-order valence-electron chi connectivity index (χ3n) is 1.52. The van der Waals surface area contributed by atoms with Crippen LogP contribution in [0, 0.1) is 5.92 Å². The standard InChI is InChI=1S/C10H13NS2/c1-8(2)9(3)12-13-10-6-4-5-7-11-10/h4-8H,3H2,1-2H3. The Morgan fingerprint density at radius 2 is 2.23 bits per heavy atom. The molecule has 0 bridgehead atoms. The van der Waals surface area contributed by atoms with E-state index >= 15 is 0 Å². The molecule has 1 rings (SSSR count). The summed E-state index contributed by atoms with van der Waals surface area (Å²) in [6.07, 6.45) is 1.81. The molecular formula is C10H13NS2. The van der Waals surface area contributed by atoms with Crippen LogP contribution in [0.3, 0.4) is 0 Å². The lowest BCUT2D eigenvalue weighted by Gasteiger charge is -2.06. The summed E-state index contributed by atoms with van der Waals surface area (Å²) >= 11 is 0. The summed E-state index contributed by atoms with van der Waals surface area (Å²) in [6.45, 7) is 8.28. The fraction of sp³-hybridized carbons (Fsp3) is 0.300. The Bertz CT molecular complexity index is 270. The quantitative estimate of drug-likeness (QED) is 0.699. The van der Waals surface area contributed by atoms with E-state index in [2.05, 4.69) is 25.4 Å². The summed E-state index contributed by atoms with van der Waals surface area (Å²) in [6, 6.07) is 5.92. The lowest BCUT2D eigenvalue weighted by Crippen LogP contribution is -1.84. The smallest absolute Gasteiger partial charge is 0.107 e. The summed E-state index contributed by atoms with van der Waals surface area (Å²) < 4.78 is 0. The molecule has 1 aromatic rings. The van der Waals surface area contributed by atoms with E-state index in [0.717, 1.165) is 5.03 Å². The highest BCUT2D eigenvalue weighted by molar-refractivity contribution is 8.78. The molecule has 0 atom stereocenters. The lowest BCUT2D eigenvalue weighted by atomic mass is 10.2. The van der Waals surface area contributed by atoms with Gasteiger partial charge in [-0.1, -0.05) is 37.3 Å². The van der Waals surface area contributed by atoms with Gasteiger partial charge >= 0.3 is 0 Å². The van der Waals surface area contributed by atoms with Gasteiger partial charge in [-0.2, -0.15) is 0 Å². The highest BCUT2D eigenvalue weighted by Crippen LogP contribution is 2.37. The van der Waals surface area contributed by atoms with Crippen molar-refractivity contribution in [3.05, 3.63) is 35.9 Å². The summed E-state index contributed by atoms with van der Waals surface area (Å²) in [5, 5.41) is 1.04. The van der Waals surface area contributed by atoms with Crippen LogP contribution in [0.4, 0.5) is 0 Å². The Morgan fingerprint density at radius 3 is 2.77 bits per heavy atom. The fourth-order valence-electron chi connectivity index (χ4n) is 0.589. The molecule has 3 heteroatoms. The molecule has 0 saturated heterocycles. The molecule has 0 spiro atoms. The van der Waals surface area contributed by atoms with Crippen LogP contribution >= 0.6 is 21.6 Å². The maximum absolute atomic E-state index is 4.21. The predicted molar refractivity (Wildman–Crippen MR) is 61.7 cm³/mol. The van der Waals surface area contributed by atoms with Crippen molar-refractivity contribution < 1.29 is 0 Å². The van der Waals surface area contributed by atoms with Crippen molar-refractivity contribution in [1.82, 2.24) is 4.98 Å². The summed E-state index contributed by atoms with van der Waals surface area (Å²) in [4.78, 5) is 5.40. The Morgan fingerprint density at radius 1 is 1.46 bits per heavy atom. The van der Waals surface area contributed by atoms with Gasteiger partial charge in [0.1, 0.15) is 5.03 Å². The monoisotopic (exact) mass is 211 g/mol. The van der Waals surface area contributed by atoms with E-state index in [9.17, 15) is 0 Å². The van der Waals surface area contributed by atoms with Gasteiger partial charge in [0.15, 0.2) is 0 Å². The Labute approximate surface area is 87.4 Å². The molecular weight excluding hydrogens is 198 g/mol. The van der Waals surface area contributed by atoms with E-state index in [1.54, 1.807) is 27.8 Å². The zero-order chi connectivity index (χ0) is 9.68. The maximum Gasteiger partial charge on any atom is 0.107 e. The normalized spacial score (nSPS) is 10.4. The second-order valence-corrected chi connectivity index (χ2v) is 5.23. The molecule has 0 amide bonds. The zero-order valence-electron chi connectivity index (χ0n) is 7.86. The number of allylic oxidation sites excluding steroid dienone is 1. The number of nitrogens with zero attached hydrogens (tertiary/aromatic N) is 1. The van der Waals surface area contributed by atoms with Gasteiger partial charge in [0.05, 0.1) is 0 Å². The molecule has 1 heterocycles. The minimum atomic E-state index is 0.529. The van der Waals surface area contributed by atoms with Gasteiger partial charge < -0.3 is 0 Å². The summed E-state index contributed by atoms with van der Waals surface area (Å²) in [5.41, 5.74) is 0. The van der Waals surface area contributed by atoms with Crippen LogP contribution in [0.25, 0.3) is 0 Å². The molecule has 13 heavy (non-hydrogen) atoms. The first-order valence-corrected chi connectivity index (χ1v) is 6.29. The largest absolute Gasteiger partial charge is 0.249 e. The highest BCUT2D eigenvalue weighted by Gasteiger charge is 2.02. The predicted octanol–water partition coefficient (Wildman–Crippen LogP) is 3.99. The van der Waals surface area contributed by atoms with E-state index in [1.165, 1.54) is 4.91 Å². The van der Waals surface area contributed by atoms with Crippen LogP contribution < -0.4 is 0 Å². The number of hydrogen-bond donors (Lipinski definition) is 0. The Kier molecular flexibility index (Phi) is 4.39. The SMILES string of the molecule is C=C(SSc1ccccn1)C(C)C. The second-order valence-electron chi connectivity index (χ2n) is 2.96. The number of pyridine rings is 1. The van der Waals surface area contributed by atoms with Crippen molar-refractivity contribution in [2.45, 2.75) is 18.9 Å². The van der Waals surface area contributed by atoms with Gasteiger partial charge in [0, 0.05) is 6.20 Å². The number of aromatic nitrogens is 1. The Hall–Kier alpha value is -0.410. The first-order valence-electron chi connectivity index (χ1n) is 4.14. The van der Waals surface area contributed by atoms with Gasteiger partial charge in [0.2, 0.25) is 0 Å². The first kappa shape index (κ1) is 10.7. The molecule has 70 valence electrons. The average Bonchev–Trinajstić information content (AvgIpc) is 2.15. The third-order valence-corrected chi connectivity index (χ3v) is 4.10. The minimum absolute atomic E-state index is 0.529. The molecule has 1 nitrogen and oxygen atoms in total. The van der Waals surface area contributed by atoms with Crippen molar-refractivity contribution in [3.8, 4) is 0 Å². The van der Waals surface area contributed by atoms with Crippen molar-refractivity contribution in [2.75, 3.05) is 0 Å². The topological polar surface area (TPSA) is 12.9 Å². The van der Waals surface area contributed by atoms with Gasteiger partial charge in [-0.05, 0) is 33.7 Å². The van der Waals surface area contributed by atoms with Crippen LogP contribution in [0.2, 0.25) is 0 Å². The van der Waals surface area contributed by atoms with Crippen LogP contribution in [0.15, 0.2) is 40.9 Å². The molecule has 0 N–H and O–H groups in total. The van der Waals surface area contributed by atoms with Gasteiger partial charge in [-0.3, -0.25) is 0 Å². The Balaban J connectivity index is 2.40. The average molecular weight is 211 g/mol. The number of rotatable bonds is 4. The maximum atomic E-state index is 4.21. The molecule has 0 unspecified atom stereocenters. The summed E-state index contributed by atoms with van der Waals surface area (Å²) in [5.74, 6) is 0.529. The van der Waals surface area contributed by atoms with Crippen LogP contribution in [-0.2, 0) is 0 Å². The highest BCUT2D eigenvalue weighted by atomic mass is 33.1. The fourth-order valence-corrected chi connectivity index (χ4v) is 2.66. The minimum Gasteiger partial charge on any atom is -0.249 e. The molecule has 0 fully saturated rings. The third kappa shape index (κ3) is 3.87. The molecule has 0 aliphatic carbocycles. The van der Waals surface area contributed by atoms with Gasteiger partial charge in [-0.15, -0.1) is 0 Å². The number of hydrogen-bond acceptors (Lipinski definition) is 3. The van der Waals surface area contributed by atoms with E-state index < -0.39 is 0 Å². The van der Waals surface area contributed by atoms with E-state index in [-0.39, 0.29) is 0 Å². The molecule has 0 aromatic carbocycles. The van der Waals surface area contributed by atoms with Crippen LogP contribution in [0.1, 0.15) is 13.8 Å². The first-order chi connectivity index (χ1) is 6.20.